The highest BCUT2D eigenvalue weighted by Crippen LogP contribution is 2.43. The minimum atomic E-state index is -0.375. The molecule has 23 heavy (non-hydrogen) atoms. The molecule has 0 spiro atoms. The Bertz CT molecular complexity index is 613. The zero-order chi connectivity index (χ0) is 16.7. The van der Waals surface area contributed by atoms with Crippen LogP contribution in [0.2, 0.25) is 0 Å². The lowest BCUT2D eigenvalue weighted by Crippen LogP contribution is -2.13. The number of benzene rings is 2. The van der Waals surface area contributed by atoms with E-state index < -0.39 is 0 Å². The van der Waals surface area contributed by atoms with E-state index in [0.29, 0.717) is 12.1 Å². The molecule has 2 aromatic carbocycles. The lowest BCUT2D eigenvalue weighted by Gasteiger charge is -2.19. The molecule has 1 heterocycles. The number of hydrogen-bond acceptors (Lipinski definition) is 5. The highest BCUT2D eigenvalue weighted by Gasteiger charge is 2.13. The van der Waals surface area contributed by atoms with Gasteiger partial charge in [0, 0.05) is 21.9 Å². The van der Waals surface area contributed by atoms with E-state index in [-0.39, 0.29) is 12.6 Å². The lowest BCUT2D eigenvalue weighted by atomic mass is 10.2. The molecule has 0 saturated carbocycles. The number of para-hydroxylation sites is 2. The van der Waals surface area contributed by atoms with Crippen molar-refractivity contribution in [2.24, 2.45) is 5.73 Å². The third kappa shape index (κ3) is 4.87. The number of rotatable bonds is 3. The predicted octanol–water partition coefficient (Wildman–Crippen LogP) is 3.96. The first-order chi connectivity index (χ1) is 11.1. The first kappa shape index (κ1) is 17.1. The van der Waals surface area contributed by atoms with Crippen LogP contribution in [0, 0.1) is 0 Å². The van der Waals surface area contributed by atoms with Crippen LogP contribution in [0.15, 0.2) is 70.5 Å². The molecule has 0 bridgehead atoms. The predicted molar refractivity (Wildman–Crippen MR) is 95.1 cm³/mol. The van der Waals surface area contributed by atoms with Gasteiger partial charge < -0.3 is 15.8 Å². The van der Waals surface area contributed by atoms with Gasteiger partial charge in [0.05, 0.1) is 11.4 Å². The van der Waals surface area contributed by atoms with E-state index in [0.717, 1.165) is 0 Å². The maximum Gasteiger partial charge on any atom is 0.333 e. The molecule has 0 saturated heterocycles. The van der Waals surface area contributed by atoms with Crippen LogP contribution in [0.1, 0.15) is 6.92 Å². The minimum absolute atomic E-state index is 0.270. The molecule has 0 fully saturated rings. The van der Waals surface area contributed by atoms with Gasteiger partial charge in [-0.05, 0) is 31.2 Å². The van der Waals surface area contributed by atoms with Gasteiger partial charge >= 0.3 is 5.97 Å². The lowest BCUT2D eigenvalue weighted by molar-refractivity contribution is -0.138. The van der Waals surface area contributed by atoms with Crippen LogP contribution in [0.5, 0.6) is 0 Å². The van der Waals surface area contributed by atoms with E-state index in [1.807, 2.05) is 11.8 Å². The number of anilines is 2. The third-order valence-electron chi connectivity index (χ3n) is 2.96. The largest absolute Gasteiger partial charge is 0.461 e. The van der Waals surface area contributed by atoms with Gasteiger partial charge in [-0.3, -0.25) is 0 Å². The molecule has 0 radical (unpaired) electrons. The molecule has 1 aliphatic heterocycles. The molecule has 4 nitrogen and oxygen atoms in total. The van der Waals surface area contributed by atoms with Crippen molar-refractivity contribution in [1.29, 1.82) is 0 Å². The fraction of sp³-hybridized carbons (Fsp3) is 0.167. The highest BCUT2D eigenvalue weighted by atomic mass is 32.2. The van der Waals surface area contributed by atoms with Crippen LogP contribution in [0.4, 0.5) is 11.4 Å². The second-order valence-electron chi connectivity index (χ2n) is 4.92. The van der Waals surface area contributed by atoms with Crippen LogP contribution in [-0.4, -0.2) is 19.1 Å². The smallest absolute Gasteiger partial charge is 0.333 e. The van der Waals surface area contributed by atoms with Gasteiger partial charge in [0.1, 0.15) is 6.61 Å². The van der Waals surface area contributed by atoms with Gasteiger partial charge in [-0.25, -0.2) is 4.79 Å². The monoisotopic (exact) mass is 328 g/mol. The summed E-state index contributed by atoms with van der Waals surface area (Å²) in [5.41, 5.74) is 7.89. The Hall–Kier alpha value is -2.24. The molecule has 2 aromatic rings. The first-order valence-corrected chi connectivity index (χ1v) is 8.09. The van der Waals surface area contributed by atoms with Crippen molar-refractivity contribution in [3.63, 3.8) is 0 Å². The highest BCUT2D eigenvalue weighted by molar-refractivity contribution is 7.99. The van der Waals surface area contributed by atoms with E-state index in [9.17, 15) is 4.79 Å². The topological polar surface area (TPSA) is 64.3 Å². The Morgan fingerprint density at radius 2 is 1.65 bits per heavy atom. The number of fused-ring (bicyclic) bond motifs is 2. The SMILES string of the molecule is C=C(C)C(=O)OCCN.c1ccc2c(c1)Nc1ccccc1S2. The summed E-state index contributed by atoms with van der Waals surface area (Å²) in [4.78, 5) is 13.1. The number of hydrogen-bond donors (Lipinski definition) is 2. The molecule has 1 aliphatic rings. The average molecular weight is 328 g/mol. The number of carbonyl (C=O) groups is 1. The molecular formula is C18H20N2O2S. The fourth-order valence-corrected chi connectivity index (χ4v) is 2.84. The molecule has 3 N–H and O–H groups in total. The molecule has 0 aliphatic carbocycles. The second kappa shape index (κ2) is 8.41. The van der Waals surface area contributed by atoms with E-state index in [1.54, 1.807) is 6.92 Å². The Labute approximate surface area is 140 Å². The number of nitrogens with two attached hydrogens (primary N) is 1. The fourth-order valence-electron chi connectivity index (χ4n) is 1.86. The second-order valence-corrected chi connectivity index (χ2v) is 6.01. The molecule has 0 atom stereocenters. The molecule has 3 rings (SSSR count). The Balaban J connectivity index is 0.000000188. The Kier molecular flexibility index (Phi) is 6.26. The summed E-state index contributed by atoms with van der Waals surface area (Å²) in [6, 6.07) is 16.8. The van der Waals surface area contributed by atoms with Crippen LogP contribution in [0.3, 0.4) is 0 Å². The van der Waals surface area contributed by atoms with Crippen molar-refractivity contribution in [1.82, 2.24) is 0 Å². The maximum absolute atomic E-state index is 10.5. The number of ether oxygens (including phenoxy) is 1. The van der Waals surface area contributed by atoms with Crippen LogP contribution >= 0.6 is 11.8 Å². The number of nitrogens with one attached hydrogen (secondary N) is 1. The van der Waals surface area contributed by atoms with Gasteiger partial charge in [-0.2, -0.15) is 0 Å². The van der Waals surface area contributed by atoms with Gasteiger partial charge in [0.2, 0.25) is 0 Å². The standard InChI is InChI=1S/C12H9NS.C6H11NO2/c1-3-7-11-9(5-1)13-10-6-2-4-8-12(10)14-11;1-5(2)6(8)9-4-3-7/h1-8,13H;1,3-4,7H2,2H3. The first-order valence-electron chi connectivity index (χ1n) is 7.27. The van der Waals surface area contributed by atoms with Gasteiger partial charge in [-0.1, -0.05) is 42.6 Å². The van der Waals surface area contributed by atoms with E-state index in [2.05, 4.69) is 65.2 Å². The zero-order valence-corrected chi connectivity index (χ0v) is 13.9. The maximum atomic E-state index is 10.5. The van der Waals surface area contributed by atoms with Crippen LogP contribution in [0.25, 0.3) is 0 Å². The van der Waals surface area contributed by atoms with E-state index in [1.165, 1.54) is 21.2 Å². The zero-order valence-electron chi connectivity index (χ0n) is 13.0. The summed E-state index contributed by atoms with van der Waals surface area (Å²) >= 11 is 1.82. The molecule has 0 unspecified atom stereocenters. The normalized spacial score (nSPS) is 11.0. The molecular weight excluding hydrogens is 308 g/mol. The van der Waals surface area contributed by atoms with E-state index in [4.69, 9.17) is 5.73 Å². The van der Waals surface area contributed by atoms with Gasteiger partial charge in [-0.15, -0.1) is 0 Å². The summed E-state index contributed by atoms with van der Waals surface area (Å²) in [6.07, 6.45) is 0. The van der Waals surface area contributed by atoms with Crippen molar-refractivity contribution < 1.29 is 9.53 Å². The van der Waals surface area contributed by atoms with Crippen molar-refractivity contribution in [2.75, 3.05) is 18.5 Å². The molecule has 0 aromatic heterocycles. The molecule has 5 heteroatoms. The molecule has 120 valence electrons. The van der Waals surface area contributed by atoms with Crippen molar-refractivity contribution >= 4 is 29.1 Å². The van der Waals surface area contributed by atoms with Crippen molar-refractivity contribution in [2.45, 2.75) is 16.7 Å². The van der Waals surface area contributed by atoms with E-state index >= 15 is 0 Å². The van der Waals surface area contributed by atoms with Gasteiger partial charge in [0.25, 0.3) is 0 Å². The van der Waals surface area contributed by atoms with Crippen molar-refractivity contribution in [3.8, 4) is 0 Å². The Morgan fingerprint density at radius 3 is 2.13 bits per heavy atom. The third-order valence-corrected chi connectivity index (χ3v) is 4.11. The van der Waals surface area contributed by atoms with Gasteiger partial charge in [0.15, 0.2) is 0 Å². The summed E-state index contributed by atoms with van der Waals surface area (Å²) in [7, 11) is 0. The minimum Gasteiger partial charge on any atom is -0.461 e. The number of carbonyl (C=O) groups excluding carboxylic acids is 1. The summed E-state index contributed by atoms with van der Waals surface area (Å²) in [5.74, 6) is -0.375. The summed E-state index contributed by atoms with van der Waals surface area (Å²) < 4.78 is 4.59. The summed E-state index contributed by atoms with van der Waals surface area (Å²) in [6.45, 7) is 5.62. The van der Waals surface area contributed by atoms with Crippen LogP contribution < -0.4 is 11.1 Å². The number of esters is 1. The summed E-state index contributed by atoms with van der Waals surface area (Å²) in [5, 5.41) is 3.42. The average Bonchev–Trinajstić information content (AvgIpc) is 2.58. The Morgan fingerprint density at radius 1 is 1.13 bits per heavy atom. The van der Waals surface area contributed by atoms with Crippen molar-refractivity contribution in [3.05, 3.63) is 60.7 Å². The molecule has 0 amide bonds. The van der Waals surface area contributed by atoms with Crippen LogP contribution in [-0.2, 0) is 9.53 Å². The quantitative estimate of drug-likeness (QED) is 0.563.